The van der Waals surface area contributed by atoms with Crippen LogP contribution in [-0.2, 0) is 9.53 Å². The average molecular weight is 456 g/mol. The maximum absolute atomic E-state index is 12.5. The Bertz CT molecular complexity index is 1130. The van der Waals surface area contributed by atoms with Crippen molar-refractivity contribution in [2.45, 2.75) is 6.92 Å². The molecular weight excluding hydrogens is 436 g/mol. The molecule has 0 fully saturated rings. The standard InChI is InChI=1S/C22H20N2O7S/c1-4-31-22(26)19-20(25)18(10-13-8-16(29-2)12-17(9-13)30-3)32-21(19)23-14-6-5-7-15(11-14)24(27)28/h5-12,25H,4H2,1-3H3/b18-10+,23-21?. The van der Waals surface area contributed by atoms with E-state index in [-0.39, 0.29) is 34.4 Å². The first kappa shape index (κ1) is 22.9. The third kappa shape index (κ3) is 5.09. The van der Waals surface area contributed by atoms with Crippen molar-refractivity contribution in [1.82, 2.24) is 0 Å². The zero-order valence-electron chi connectivity index (χ0n) is 17.5. The first-order valence-electron chi connectivity index (χ1n) is 9.43. The molecule has 0 amide bonds. The van der Waals surface area contributed by atoms with E-state index < -0.39 is 10.9 Å². The van der Waals surface area contributed by atoms with Gasteiger partial charge >= 0.3 is 5.97 Å². The second-order valence-electron chi connectivity index (χ2n) is 6.39. The summed E-state index contributed by atoms with van der Waals surface area (Å²) in [5.41, 5.74) is 0.681. The van der Waals surface area contributed by atoms with Gasteiger partial charge in [-0.15, -0.1) is 0 Å². The molecule has 10 heteroatoms. The molecule has 166 valence electrons. The van der Waals surface area contributed by atoms with Crippen molar-refractivity contribution in [3.8, 4) is 11.5 Å². The van der Waals surface area contributed by atoms with Gasteiger partial charge in [0, 0.05) is 18.2 Å². The topological polar surface area (TPSA) is 120 Å². The number of hydrogen-bond acceptors (Lipinski definition) is 9. The van der Waals surface area contributed by atoms with Gasteiger partial charge in [-0.1, -0.05) is 17.8 Å². The van der Waals surface area contributed by atoms with Gasteiger partial charge in [0.1, 0.15) is 27.9 Å². The zero-order valence-corrected chi connectivity index (χ0v) is 18.3. The lowest BCUT2D eigenvalue weighted by Gasteiger charge is -2.06. The summed E-state index contributed by atoms with van der Waals surface area (Å²) >= 11 is 1.05. The number of methoxy groups -OCH3 is 2. The first-order chi connectivity index (χ1) is 15.4. The van der Waals surface area contributed by atoms with Crippen LogP contribution in [0.15, 0.2) is 63.7 Å². The maximum Gasteiger partial charge on any atom is 0.344 e. The molecule has 0 radical (unpaired) electrons. The van der Waals surface area contributed by atoms with Crippen LogP contribution in [0.1, 0.15) is 12.5 Å². The number of non-ortho nitro benzene ring substituents is 1. The minimum atomic E-state index is -0.742. The van der Waals surface area contributed by atoms with Crippen molar-refractivity contribution >= 4 is 40.2 Å². The number of carbonyl (C=O) groups is 1. The molecule has 0 spiro atoms. The summed E-state index contributed by atoms with van der Waals surface area (Å²) in [6, 6.07) is 10.9. The number of aliphatic hydroxyl groups excluding tert-OH is 1. The summed E-state index contributed by atoms with van der Waals surface area (Å²) in [5.74, 6) is 0.0743. The highest BCUT2D eigenvalue weighted by molar-refractivity contribution is 8.18. The van der Waals surface area contributed by atoms with Gasteiger partial charge in [0.25, 0.3) is 5.69 Å². The molecular formula is C22H20N2O7S. The van der Waals surface area contributed by atoms with Crippen LogP contribution < -0.4 is 9.47 Å². The van der Waals surface area contributed by atoms with E-state index in [0.717, 1.165) is 11.8 Å². The van der Waals surface area contributed by atoms with Crippen LogP contribution >= 0.6 is 11.8 Å². The third-order valence-corrected chi connectivity index (χ3v) is 5.33. The molecule has 3 rings (SSSR count). The largest absolute Gasteiger partial charge is 0.506 e. The van der Waals surface area contributed by atoms with Crippen LogP contribution in [0.4, 0.5) is 11.4 Å². The average Bonchev–Trinajstić information content (AvgIpc) is 3.08. The zero-order chi connectivity index (χ0) is 23.3. The summed E-state index contributed by atoms with van der Waals surface area (Å²) in [6.07, 6.45) is 1.65. The van der Waals surface area contributed by atoms with Crippen molar-refractivity contribution in [3.05, 3.63) is 74.4 Å². The highest BCUT2D eigenvalue weighted by Crippen LogP contribution is 2.41. The van der Waals surface area contributed by atoms with Gasteiger partial charge in [0.05, 0.1) is 36.3 Å². The molecule has 0 bridgehead atoms. The molecule has 1 aliphatic heterocycles. The molecule has 1 heterocycles. The molecule has 0 unspecified atom stereocenters. The van der Waals surface area contributed by atoms with Crippen LogP contribution in [0.2, 0.25) is 0 Å². The van der Waals surface area contributed by atoms with Gasteiger partial charge in [-0.05, 0) is 36.8 Å². The fourth-order valence-electron chi connectivity index (χ4n) is 2.85. The number of nitro groups is 1. The quantitative estimate of drug-likeness (QED) is 0.358. The first-order valence-corrected chi connectivity index (χ1v) is 10.2. The maximum atomic E-state index is 12.5. The summed E-state index contributed by atoms with van der Waals surface area (Å²) in [5, 5.41) is 22.0. The molecule has 32 heavy (non-hydrogen) atoms. The fraction of sp³-hybridized carbons (Fsp3) is 0.182. The highest BCUT2D eigenvalue weighted by Gasteiger charge is 2.33. The molecule has 0 atom stereocenters. The highest BCUT2D eigenvalue weighted by atomic mass is 32.2. The lowest BCUT2D eigenvalue weighted by atomic mass is 10.1. The Hall–Kier alpha value is -3.79. The summed E-state index contributed by atoms with van der Waals surface area (Å²) < 4.78 is 15.6. The molecule has 0 aromatic heterocycles. The van der Waals surface area contributed by atoms with Crippen molar-refractivity contribution in [2.75, 3.05) is 20.8 Å². The molecule has 9 nitrogen and oxygen atoms in total. The van der Waals surface area contributed by atoms with E-state index in [1.807, 2.05) is 0 Å². The van der Waals surface area contributed by atoms with E-state index in [2.05, 4.69) is 4.99 Å². The van der Waals surface area contributed by atoms with E-state index >= 15 is 0 Å². The third-order valence-electron chi connectivity index (χ3n) is 4.31. The summed E-state index contributed by atoms with van der Waals surface area (Å²) in [7, 11) is 3.05. The molecule has 0 saturated carbocycles. The normalized spacial score (nSPS) is 15.8. The lowest BCUT2D eigenvalue weighted by Crippen LogP contribution is -2.12. The number of ether oxygens (including phenoxy) is 3. The molecule has 2 aromatic rings. The van der Waals surface area contributed by atoms with Gasteiger partial charge in [0.15, 0.2) is 0 Å². The molecule has 0 saturated heterocycles. The van der Waals surface area contributed by atoms with Crippen LogP contribution in [0.5, 0.6) is 11.5 Å². The lowest BCUT2D eigenvalue weighted by molar-refractivity contribution is -0.384. The number of nitro benzene ring substituents is 1. The van der Waals surface area contributed by atoms with Gasteiger partial charge in [0.2, 0.25) is 0 Å². The second-order valence-corrected chi connectivity index (χ2v) is 7.43. The number of thioether (sulfide) groups is 1. The van der Waals surface area contributed by atoms with Crippen molar-refractivity contribution < 1.29 is 29.0 Å². The molecule has 1 aliphatic rings. The van der Waals surface area contributed by atoms with Gasteiger partial charge in [-0.3, -0.25) is 10.1 Å². The molecule has 0 aliphatic carbocycles. The van der Waals surface area contributed by atoms with E-state index in [9.17, 15) is 20.0 Å². The second kappa shape index (κ2) is 10.0. The van der Waals surface area contributed by atoms with E-state index in [4.69, 9.17) is 14.2 Å². The Morgan fingerprint density at radius 3 is 2.47 bits per heavy atom. The number of hydrogen-bond donors (Lipinski definition) is 1. The predicted molar refractivity (Wildman–Crippen MR) is 122 cm³/mol. The van der Waals surface area contributed by atoms with Crippen molar-refractivity contribution in [3.63, 3.8) is 0 Å². The van der Waals surface area contributed by atoms with Crippen LogP contribution in [0.3, 0.4) is 0 Å². The van der Waals surface area contributed by atoms with Crippen LogP contribution in [0.25, 0.3) is 6.08 Å². The molecule has 2 aromatic carbocycles. The SMILES string of the molecule is CCOC(=O)C1=C(O)/C(=C\c2cc(OC)cc(OC)c2)SC1=Nc1cccc([N+](=O)[O-])c1. The summed E-state index contributed by atoms with van der Waals surface area (Å²) in [6.45, 7) is 1.75. The predicted octanol–water partition coefficient (Wildman–Crippen LogP) is 4.81. The molecule has 1 N–H and O–H groups in total. The number of esters is 1. The van der Waals surface area contributed by atoms with Crippen LogP contribution in [0, 0.1) is 10.1 Å². The van der Waals surface area contributed by atoms with Gasteiger partial charge < -0.3 is 19.3 Å². The number of rotatable bonds is 7. The van der Waals surface area contributed by atoms with E-state index in [1.165, 1.54) is 32.4 Å². The fourth-order valence-corrected chi connectivity index (χ4v) is 3.88. The minimum Gasteiger partial charge on any atom is -0.506 e. The Morgan fingerprint density at radius 2 is 1.88 bits per heavy atom. The van der Waals surface area contributed by atoms with E-state index in [0.29, 0.717) is 22.0 Å². The Balaban J connectivity index is 2.08. The van der Waals surface area contributed by atoms with E-state index in [1.54, 1.807) is 37.3 Å². The number of nitrogens with zero attached hydrogens (tertiary/aromatic N) is 2. The Labute approximate surface area is 188 Å². The van der Waals surface area contributed by atoms with Gasteiger partial charge in [-0.25, -0.2) is 9.79 Å². The summed E-state index contributed by atoms with van der Waals surface area (Å²) in [4.78, 5) is 27.8. The number of aliphatic imine (C=N–C) groups is 1. The number of aliphatic hydroxyl groups is 1. The Morgan fingerprint density at radius 1 is 1.19 bits per heavy atom. The van der Waals surface area contributed by atoms with Crippen LogP contribution in [-0.4, -0.2) is 41.9 Å². The van der Waals surface area contributed by atoms with Crippen molar-refractivity contribution in [1.29, 1.82) is 0 Å². The minimum absolute atomic E-state index is 0.107. The van der Waals surface area contributed by atoms with Crippen molar-refractivity contribution in [2.24, 2.45) is 4.99 Å². The monoisotopic (exact) mass is 456 g/mol. The van der Waals surface area contributed by atoms with Gasteiger partial charge in [-0.2, -0.15) is 0 Å². The number of carbonyl (C=O) groups excluding carboxylic acids is 1. The smallest absolute Gasteiger partial charge is 0.344 e. The Kier molecular flexibility index (Phi) is 7.16. The number of benzene rings is 2.